The van der Waals surface area contributed by atoms with Gasteiger partial charge in [-0.1, -0.05) is 0 Å². The van der Waals surface area contributed by atoms with Crippen molar-refractivity contribution >= 4 is 15.9 Å². The van der Waals surface area contributed by atoms with Gasteiger partial charge in [-0.2, -0.15) is 13.2 Å². The summed E-state index contributed by atoms with van der Waals surface area (Å²) in [5.74, 6) is -2.61. The van der Waals surface area contributed by atoms with Gasteiger partial charge in [-0.3, -0.25) is 4.79 Å². The summed E-state index contributed by atoms with van der Waals surface area (Å²) in [5.41, 5.74) is 0. The molecule has 1 aliphatic rings. The van der Waals surface area contributed by atoms with Gasteiger partial charge >= 0.3 is 6.18 Å². The Balaban J connectivity index is 2.15. The van der Waals surface area contributed by atoms with Gasteiger partial charge in [-0.05, 0) is 32.0 Å². The summed E-state index contributed by atoms with van der Waals surface area (Å²) < 4.78 is 68.2. The molecule has 124 valence electrons. The highest BCUT2D eigenvalue weighted by atomic mass is 32.2. The molecule has 22 heavy (non-hydrogen) atoms. The molecule has 1 aromatic rings. The predicted octanol–water partition coefficient (Wildman–Crippen LogP) is 1.60. The van der Waals surface area contributed by atoms with Gasteiger partial charge in [0.2, 0.25) is 5.09 Å². The highest BCUT2D eigenvalue weighted by Gasteiger charge is 2.43. The number of nitrogens with one attached hydrogen (secondary N) is 1. The Morgan fingerprint density at radius 1 is 1.41 bits per heavy atom. The highest BCUT2D eigenvalue weighted by molar-refractivity contribution is 7.89. The number of furan rings is 1. The third-order valence-electron chi connectivity index (χ3n) is 3.50. The molecule has 0 radical (unpaired) electrons. The Bertz CT molecular complexity index is 654. The normalized spacial score (nSPS) is 20.2. The molecular weight excluding hydrogens is 325 g/mol. The second kappa shape index (κ2) is 5.92. The van der Waals surface area contributed by atoms with Crippen molar-refractivity contribution in [1.29, 1.82) is 0 Å². The Morgan fingerprint density at radius 2 is 2.09 bits per heavy atom. The molecule has 10 heteroatoms. The molecule has 1 amide bonds. The lowest BCUT2D eigenvalue weighted by Crippen LogP contribution is -2.44. The average molecular weight is 340 g/mol. The number of halogens is 3. The summed E-state index contributed by atoms with van der Waals surface area (Å²) in [6.07, 6.45) is -4.15. The monoisotopic (exact) mass is 340 g/mol. The van der Waals surface area contributed by atoms with Crippen LogP contribution in [0.5, 0.6) is 0 Å². The first-order valence-corrected chi connectivity index (χ1v) is 8.03. The van der Waals surface area contributed by atoms with Gasteiger partial charge in [0.25, 0.3) is 15.9 Å². The van der Waals surface area contributed by atoms with Crippen LogP contribution in [-0.4, -0.2) is 45.5 Å². The van der Waals surface area contributed by atoms with Crippen molar-refractivity contribution < 1.29 is 30.8 Å². The summed E-state index contributed by atoms with van der Waals surface area (Å²) in [5, 5.41) is -0.456. The molecule has 0 unspecified atom stereocenters. The molecule has 1 saturated heterocycles. The summed E-state index contributed by atoms with van der Waals surface area (Å²) in [6, 6.07) is 2.23. The van der Waals surface area contributed by atoms with Gasteiger partial charge in [0.1, 0.15) is 0 Å². The van der Waals surface area contributed by atoms with E-state index in [1.165, 1.54) is 7.05 Å². The van der Waals surface area contributed by atoms with Crippen molar-refractivity contribution in [2.75, 3.05) is 20.1 Å². The largest absolute Gasteiger partial charge is 0.438 e. The number of hydrogen-bond donors (Lipinski definition) is 1. The zero-order valence-corrected chi connectivity index (χ0v) is 12.5. The average Bonchev–Trinajstić information content (AvgIpc) is 2.96. The van der Waals surface area contributed by atoms with Crippen LogP contribution in [0.3, 0.4) is 0 Å². The van der Waals surface area contributed by atoms with E-state index in [-0.39, 0.29) is 25.1 Å². The zero-order chi connectivity index (χ0) is 16.5. The highest BCUT2D eigenvalue weighted by Crippen LogP contribution is 2.33. The van der Waals surface area contributed by atoms with Crippen molar-refractivity contribution in [2.45, 2.75) is 24.1 Å². The van der Waals surface area contributed by atoms with Crippen molar-refractivity contribution in [1.82, 2.24) is 9.62 Å². The van der Waals surface area contributed by atoms with Gasteiger partial charge in [-0.15, -0.1) is 0 Å². The van der Waals surface area contributed by atoms with E-state index in [9.17, 15) is 26.4 Å². The van der Waals surface area contributed by atoms with Gasteiger partial charge in [0.15, 0.2) is 5.76 Å². The molecule has 0 bridgehead atoms. The van der Waals surface area contributed by atoms with Crippen molar-refractivity contribution in [3.63, 3.8) is 0 Å². The zero-order valence-electron chi connectivity index (χ0n) is 11.7. The maximum Gasteiger partial charge on any atom is 0.393 e. The summed E-state index contributed by atoms with van der Waals surface area (Å²) in [4.78, 5) is 13.2. The minimum atomic E-state index is -4.36. The Morgan fingerprint density at radius 3 is 2.68 bits per heavy atom. The SMILES string of the molecule is CNS(=O)(=O)c1ccc(C(=O)N2CCC[C@H](C(F)(F)F)C2)o1. The molecule has 1 N–H and O–H groups in total. The molecule has 0 aromatic carbocycles. The Kier molecular flexibility index (Phi) is 4.52. The molecule has 0 spiro atoms. The lowest BCUT2D eigenvalue weighted by Gasteiger charge is -2.33. The van der Waals surface area contributed by atoms with Crippen LogP contribution in [0.2, 0.25) is 0 Å². The summed E-state index contributed by atoms with van der Waals surface area (Å²) >= 11 is 0. The number of likely N-dealkylation sites (tertiary alicyclic amines) is 1. The number of carbonyl (C=O) groups is 1. The number of nitrogens with zero attached hydrogens (tertiary/aromatic N) is 1. The lowest BCUT2D eigenvalue weighted by atomic mass is 9.97. The van der Waals surface area contributed by atoms with E-state index in [0.717, 1.165) is 17.0 Å². The van der Waals surface area contributed by atoms with E-state index in [2.05, 4.69) is 0 Å². The van der Waals surface area contributed by atoms with E-state index >= 15 is 0 Å². The van der Waals surface area contributed by atoms with Crippen LogP contribution in [0, 0.1) is 5.92 Å². The first-order valence-electron chi connectivity index (χ1n) is 6.54. The molecule has 6 nitrogen and oxygen atoms in total. The van der Waals surface area contributed by atoms with Gasteiger partial charge < -0.3 is 9.32 Å². The third kappa shape index (κ3) is 3.43. The fourth-order valence-corrected chi connectivity index (χ4v) is 2.91. The maximum absolute atomic E-state index is 12.7. The topological polar surface area (TPSA) is 79.6 Å². The van der Waals surface area contributed by atoms with Crippen molar-refractivity contribution in [3.05, 3.63) is 17.9 Å². The standard InChI is InChI=1S/C12H15F3N2O4S/c1-16-22(19,20)10-5-4-9(21-10)11(18)17-6-2-3-8(7-17)12(13,14)15/h4-5,8,16H,2-3,6-7H2,1H3/t8-/m0/s1. The van der Waals surface area contributed by atoms with E-state index in [1.54, 1.807) is 0 Å². The number of sulfonamides is 1. The summed E-state index contributed by atoms with van der Waals surface area (Å²) in [6.45, 7) is -0.266. The van der Waals surface area contributed by atoms with E-state index in [4.69, 9.17) is 4.42 Å². The molecule has 0 aliphatic carbocycles. The number of piperidine rings is 1. The number of carbonyl (C=O) groups excluding carboxylic acids is 1. The number of rotatable bonds is 3. The van der Waals surface area contributed by atoms with Crippen molar-refractivity contribution in [3.8, 4) is 0 Å². The van der Waals surface area contributed by atoms with E-state index in [0.29, 0.717) is 0 Å². The lowest BCUT2D eigenvalue weighted by molar-refractivity contribution is -0.184. The predicted molar refractivity (Wildman–Crippen MR) is 69.6 cm³/mol. The van der Waals surface area contributed by atoms with Gasteiger partial charge in [0, 0.05) is 13.1 Å². The number of alkyl halides is 3. The quantitative estimate of drug-likeness (QED) is 0.906. The molecule has 1 fully saturated rings. The molecule has 0 saturated carbocycles. The summed E-state index contributed by atoms with van der Waals surface area (Å²) in [7, 11) is -2.66. The maximum atomic E-state index is 12.7. The fourth-order valence-electron chi connectivity index (χ4n) is 2.26. The second-order valence-electron chi connectivity index (χ2n) is 4.96. The van der Waals surface area contributed by atoms with Crippen LogP contribution in [0.25, 0.3) is 0 Å². The minimum Gasteiger partial charge on any atom is -0.438 e. The van der Waals surface area contributed by atoms with Crippen molar-refractivity contribution in [2.24, 2.45) is 5.92 Å². The Hall–Kier alpha value is -1.55. The Labute approximate surface area is 125 Å². The third-order valence-corrected chi connectivity index (χ3v) is 4.78. The van der Waals surface area contributed by atoms with E-state index < -0.39 is 39.7 Å². The van der Waals surface area contributed by atoms with E-state index in [1.807, 2.05) is 4.72 Å². The van der Waals surface area contributed by atoms with Crippen LogP contribution in [0.1, 0.15) is 23.4 Å². The van der Waals surface area contributed by atoms with Crippen LogP contribution in [0.15, 0.2) is 21.6 Å². The molecular formula is C12H15F3N2O4S. The molecule has 1 aromatic heterocycles. The molecule has 1 aliphatic heterocycles. The first-order chi connectivity index (χ1) is 10.1. The number of hydrogen-bond acceptors (Lipinski definition) is 4. The van der Waals surface area contributed by atoms with Crippen LogP contribution in [-0.2, 0) is 10.0 Å². The van der Waals surface area contributed by atoms with Crippen LogP contribution >= 0.6 is 0 Å². The molecule has 2 heterocycles. The second-order valence-corrected chi connectivity index (χ2v) is 6.78. The molecule has 1 atom stereocenters. The minimum absolute atomic E-state index is 0.0230. The smallest absolute Gasteiger partial charge is 0.393 e. The molecule has 2 rings (SSSR count). The van der Waals surface area contributed by atoms with Crippen LogP contribution < -0.4 is 4.72 Å². The van der Waals surface area contributed by atoms with Gasteiger partial charge in [0.05, 0.1) is 5.92 Å². The first kappa shape index (κ1) is 16.8. The van der Waals surface area contributed by atoms with Gasteiger partial charge in [-0.25, -0.2) is 13.1 Å². The fraction of sp³-hybridized carbons (Fsp3) is 0.583. The number of amides is 1. The van der Waals surface area contributed by atoms with Crippen LogP contribution in [0.4, 0.5) is 13.2 Å².